The zero-order chi connectivity index (χ0) is 24.2. The van der Waals surface area contributed by atoms with Gasteiger partial charge in [-0.25, -0.2) is 4.98 Å². The SMILES string of the molecule is CCC(=O)N1CCC[C@@H]1C(=O)N1CCC(C)(c2cc3c(-c4cnn5ncccc45)ccnc3[nH]2)C1.[HH].[HH]. The quantitative estimate of drug-likeness (QED) is 0.486. The first-order valence-electron chi connectivity index (χ1n) is 12.3. The predicted molar refractivity (Wildman–Crippen MR) is 136 cm³/mol. The molecule has 1 N–H and O–H groups in total. The molecule has 2 amide bonds. The minimum atomic E-state index is -0.315. The van der Waals surface area contributed by atoms with Gasteiger partial charge >= 0.3 is 0 Å². The number of nitrogens with one attached hydrogen (secondary N) is 1. The van der Waals surface area contributed by atoms with Crippen LogP contribution in [0.3, 0.4) is 0 Å². The summed E-state index contributed by atoms with van der Waals surface area (Å²) >= 11 is 0. The van der Waals surface area contributed by atoms with Gasteiger partial charge in [0.15, 0.2) is 0 Å². The van der Waals surface area contributed by atoms with Crippen LogP contribution in [0.5, 0.6) is 0 Å². The maximum absolute atomic E-state index is 13.4. The summed E-state index contributed by atoms with van der Waals surface area (Å²) in [6.07, 6.45) is 8.31. The molecule has 9 heteroatoms. The van der Waals surface area contributed by atoms with Crippen LogP contribution in [0, 0.1) is 0 Å². The third-order valence-corrected chi connectivity index (χ3v) is 7.72. The van der Waals surface area contributed by atoms with Gasteiger partial charge in [-0.05, 0) is 49.1 Å². The largest absolute Gasteiger partial charge is 0.343 e. The van der Waals surface area contributed by atoms with Crippen molar-refractivity contribution < 1.29 is 12.4 Å². The maximum Gasteiger partial charge on any atom is 0.245 e. The van der Waals surface area contributed by atoms with Crippen molar-refractivity contribution in [1.82, 2.24) is 34.6 Å². The van der Waals surface area contributed by atoms with Crippen molar-refractivity contribution in [3.8, 4) is 11.1 Å². The molecule has 2 aliphatic rings. The molecule has 184 valence electrons. The fraction of sp³-hybridized carbons (Fsp3) is 0.423. The summed E-state index contributed by atoms with van der Waals surface area (Å²) in [5, 5.41) is 9.71. The number of nitrogens with zero attached hydrogens (tertiary/aromatic N) is 6. The lowest BCUT2D eigenvalue weighted by Gasteiger charge is -2.29. The van der Waals surface area contributed by atoms with E-state index in [1.807, 2.05) is 42.4 Å². The Balaban J connectivity index is 0.00000160. The minimum Gasteiger partial charge on any atom is -0.343 e. The van der Waals surface area contributed by atoms with Crippen molar-refractivity contribution in [2.75, 3.05) is 19.6 Å². The van der Waals surface area contributed by atoms with E-state index < -0.39 is 0 Å². The van der Waals surface area contributed by atoms with Crippen LogP contribution in [0.25, 0.3) is 27.7 Å². The number of carbonyl (C=O) groups excluding carboxylic acids is 2. The molecular formula is C26H33N7O2. The number of fused-ring (bicyclic) bond motifs is 2. The van der Waals surface area contributed by atoms with Crippen molar-refractivity contribution in [2.45, 2.75) is 51.0 Å². The van der Waals surface area contributed by atoms with E-state index in [1.165, 1.54) is 0 Å². The first-order chi connectivity index (χ1) is 17.0. The van der Waals surface area contributed by atoms with E-state index in [4.69, 9.17) is 0 Å². The van der Waals surface area contributed by atoms with E-state index in [1.54, 1.807) is 15.7 Å². The Kier molecular flexibility index (Phi) is 5.09. The Bertz CT molecular complexity index is 1450. The fourth-order valence-corrected chi connectivity index (χ4v) is 5.73. The predicted octanol–water partition coefficient (Wildman–Crippen LogP) is 3.66. The monoisotopic (exact) mass is 475 g/mol. The molecule has 35 heavy (non-hydrogen) atoms. The van der Waals surface area contributed by atoms with E-state index >= 15 is 0 Å². The fourth-order valence-electron chi connectivity index (χ4n) is 5.73. The molecule has 2 saturated heterocycles. The van der Waals surface area contributed by atoms with E-state index in [0.717, 1.165) is 52.6 Å². The van der Waals surface area contributed by atoms with Crippen LogP contribution in [-0.4, -0.2) is 72.1 Å². The van der Waals surface area contributed by atoms with Gasteiger partial charge in [-0.1, -0.05) is 13.8 Å². The van der Waals surface area contributed by atoms with Crippen molar-refractivity contribution in [2.24, 2.45) is 0 Å². The zero-order valence-electron chi connectivity index (χ0n) is 20.1. The summed E-state index contributed by atoms with van der Waals surface area (Å²) in [6, 6.07) is 7.79. The van der Waals surface area contributed by atoms with Crippen LogP contribution in [0.4, 0.5) is 0 Å². The number of amides is 2. The summed E-state index contributed by atoms with van der Waals surface area (Å²) in [4.78, 5) is 37.6. The second-order valence-corrected chi connectivity index (χ2v) is 9.93. The van der Waals surface area contributed by atoms with E-state index in [2.05, 4.69) is 33.2 Å². The molecule has 0 radical (unpaired) electrons. The zero-order valence-corrected chi connectivity index (χ0v) is 20.1. The highest BCUT2D eigenvalue weighted by molar-refractivity contribution is 5.98. The molecule has 0 bridgehead atoms. The number of hydrogen-bond donors (Lipinski definition) is 1. The number of aromatic amines is 1. The van der Waals surface area contributed by atoms with E-state index in [9.17, 15) is 9.59 Å². The minimum absolute atomic E-state index is 0. The highest BCUT2D eigenvalue weighted by atomic mass is 16.2. The van der Waals surface area contributed by atoms with Crippen LogP contribution in [0.2, 0.25) is 0 Å². The highest BCUT2D eigenvalue weighted by Gasteiger charge is 2.43. The molecule has 4 aromatic rings. The molecule has 6 heterocycles. The van der Waals surface area contributed by atoms with Crippen molar-refractivity contribution in [1.29, 1.82) is 0 Å². The first-order valence-corrected chi connectivity index (χ1v) is 12.3. The molecule has 9 nitrogen and oxygen atoms in total. The Morgan fingerprint density at radius 2 is 2.09 bits per heavy atom. The number of pyridine rings is 1. The third kappa shape index (κ3) is 3.48. The Morgan fingerprint density at radius 3 is 2.94 bits per heavy atom. The Labute approximate surface area is 206 Å². The van der Waals surface area contributed by atoms with Gasteiger partial charge < -0.3 is 14.8 Å². The number of carbonyl (C=O) groups is 2. The molecule has 2 aliphatic heterocycles. The van der Waals surface area contributed by atoms with E-state index in [-0.39, 0.29) is 26.1 Å². The van der Waals surface area contributed by atoms with Crippen LogP contribution < -0.4 is 0 Å². The molecule has 0 aliphatic carbocycles. The molecule has 0 saturated carbocycles. The summed E-state index contributed by atoms with van der Waals surface area (Å²) in [5.74, 6) is 0.154. The summed E-state index contributed by atoms with van der Waals surface area (Å²) < 4.78 is 1.63. The molecule has 2 fully saturated rings. The van der Waals surface area contributed by atoms with Gasteiger partial charge in [0.05, 0.1) is 11.7 Å². The molecule has 1 unspecified atom stereocenters. The summed E-state index contributed by atoms with van der Waals surface area (Å²) in [7, 11) is 0. The lowest BCUT2D eigenvalue weighted by Crippen LogP contribution is -2.47. The molecule has 6 rings (SSSR count). The standard InChI is InChI=1S/C26H29N7O2.2H2/c1-3-23(34)32-12-5-7-21(32)25(35)31-13-9-26(2,16-31)22-14-18-17(8-11-27-24(18)30-22)19-15-29-33-20(19)6-4-10-28-33;;/h4,6,8,10-11,14-15,21H,3,5,7,9,12-13,16H2,1-2H3,(H,27,30);2*1H/t21-,26?;;/m1../s1. The second-order valence-electron chi connectivity index (χ2n) is 9.93. The van der Waals surface area contributed by atoms with Gasteiger partial charge in [0.1, 0.15) is 11.7 Å². The lowest BCUT2D eigenvalue weighted by atomic mass is 9.86. The number of H-pyrrole nitrogens is 1. The van der Waals surface area contributed by atoms with Gasteiger partial charge in [0.2, 0.25) is 11.8 Å². The van der Waals surface area contributed by atoms with Crippen molar-refractivity contribution in [3.05, 3.63) is 48.5 Å². The Morgan fingerprint density at radius 1 is 1.20 bits per heavy atom. The van der Waals surface area contributed by atoms with Gasteiger partial charge in [0.25, 0.3) is 0 Å². The number of aromatic nitrogens is 5. The third-order valence-electron chi connectivity index (χ3n) is 7.72. The molecule has 4 aromatic heterocycles. The highest BCUT2D eigenvalue weighted by Crippen LogP contribution is 2.38. The molecular weight excluding hydrogens is 442 g/mol. The summed E-state index contributed by atoms with van der Waals surface area (Å²) in [5.41, 5.74) is 4.68. The van der Waals surface area contributed by atoms with E-state index in [0.29, 0.717) is 26.1 Å². The number of rotatable bonds is 4. The van der Waals surface area contributed by atoms with Crippen molar-refractivity contribution >= 4 is 28.4 Å². The van der Waals surface area contributed by atoms with Crippen LogP contribution in [0.1, 0.15) is 48.1 Å². The van der Waals surface area contributed by atoms with Gasteiger partial charge in [-0.2, -0.15) is 14.8 Å². The Hall–Kier alpha value is -3.75. The number of hydrogen-bond acceptors (Lipinski definition) is 5. The van der Waals surface area contributed by atoms with Crippen LogP contribution in [0.15, 0.2) is 42.9 Å². The van der Waals surface area contributed by atoms with Crippen LogP contribution >= 0.6 is 0 Å². The molecule has 0 aromatic carbocycles. The normalized spacial score (nSPS) is 22.5. The summed E-state index contributed by atoms with van der Waals surface area (Å²) in [6.45, 7) is 6.06. The van der Waals surface area contributed by atoms with Gasteiger partial charge in [0, 0.05) is 63.4 Å². The van der Waals surface area contributed by atoms with Gasteiger partial charge in [-0.15, -0.1) is 0 Å². The first kappa shape index (κ1) is 21.8. The second kappa shape index (κ2) is 8.18. The molecule has 2 atom stereocenters. The van der Waals surface area contributed by atoms with Gasteiger partial charge in [-0.3, -0.25) is 9.59 Å². The molecule has 0 spiro atoms. The average molecular weight is 476 g/mol. The lowest BCUT2D eigenvalue weighted by molar-refractivity contribution is -0.143. The van der Waals surface area contributed by atoms with Crippen molar-refractivity contribution in [3.63, 3.8) is 0 Å². The smallest absolute Gasteiger partial charge is 0.245 e. The van der Waals surface area contributed by atoms with Crippen LogP contribution in [-0.2, 0) is 15.0 Å². The number of likely N-dealkylation sites (tertiary alicyclic amines) is 2. The maximum atomic E-state index is 13.4. The average Bonchev–Trinajstić information content (AvgIpc) is 3.67. The topological polar surface area (TPSA) is 99.5 Å².